The van der Waals surface area contributed by atoms with E-state index >= 15 is 0 Å². The summed E-state index contributed by atoms with van der Waals surface area (Å²) in [6.45, 7) is 7.63. The number of anilines is 1. The van der Waals surface area contributed by atoms with Crippen LogP contribution in [-0.2, 0) is 4.74 Å². The normalized spacial score (nSPS) is 18.9. The molecule has 1 heterocycles. The van der Waals surface area contributed by atoms with Crippen molar-refractivity contribution in [3.8, 4) is 0 Å². The molecule has 1 fully saturated rings. The summed E-state index contributed by atoms with van der Waals surface area (Å²) in [5.41, 5.74) is 0.0343. The number of amides is 1. The number of hydrogen-bond donors (Lipinski definition) is 1. The molecule has 0 aromatic heterocycles. The fraction of sp³-hybridized carbons (Fsp3) is 0.588. The van der Waals surface area contributed by atoms with Gasteiger partial charge in [0.1, 0.15) is 11.4 Å². The topological polar surface area (TPSA) is 41.6 Å². The van der Waals surface area contributed by atoms with Crippen molar-refractivity contribution in [1.29, 1.82) is 0 Å². The van der Waals surface area contributed by atoms with Crippen molar-refractivity contribution in [2.24, 2.45) is 5.92 Å². The Bertz CT molecular complexity index is 514. The van der Waals surface area contributed by atoms with Gasteiger partial charge in [-0.3, -0.25) is 0 Å². The summed E-state index contributed by atoms with van der Waals surface area (Å²) in [4.78, 5) is 13.9. The molecule has 4 nitrogen and oxygen atoms in total. The standard InChI is InChI=1S/C17H25FN2O2/c1-17(2,3)22-16(21)20-10-6-7-13(12-20)11-19-15-9-5-4-8-14(15)18/h4-5,8-9,13,19H,6-7,10-12H2,1-3H3/t13-/m1/s1. The van der Waals surface area contributed by atoms with Crippen LogP contribution in [-0.4, -0.2) is 36.2 Å². The van der Waals surface area contributed by atoms with Gasteiger partial charge in [0.2, 0.25) is 0 Å². The van der Waals surface area contributed by atoms with Crippen LogP contribution >= 0.6 is 0 Å². The van der Waals surface area contributed by atoms with E-state index in [1.54, 1.807) is 23.1 Å². The molecule has 1 atom stereocenters. The summed E-state index contributed by atoms with van der Waals surface area (Å²) >= 11 is 0. The van der Waals surface area contributed by atoms with Gasteiger partial charge in [-0.25, -0.2) is 9.18 Å². The van der Waals surface area contributed by atoms with Crippen LogP contribution in [0.1, 0.15) is 33.6 Å². The van der Waals surface area contributed by atoms with Crippen molar-refractivity contribution in [2.75, 3.05) is 25.0 Å². The molecule has 0 aliphatic carbocycles. The molecular weight excluding hydrogens is 283 g/mol. The van der Waals surface area contributed by atoms with Crippen molar-refractivity contribution < 1.29 is 13.9 Å². The van der Waals surface area contributed by atoms with Crippen LogP contribution in [0.3, 0.4) is 0 Å². The molecule has 1 aliphatic rings. The third-order valence-electron chi connectivity index (χ3n) is 3.63. The van der Waals surface area contributed by atoms with Crippen LogP contribution in [0.25, 0.3) is 0 Å². The highest BCUT2D eigenvalue weighted by molar-refractivity contribution is 5.68. The Kier molecular flexibility index (Phi) is 5.27. The van der Waals surface area contributed by atoms with Crippen molar-refractivity contribution in [1.82, 2.24) is 4.90 Å². The number of benzene rings is 1. The van der Waals surface area contributed by atoms with Gasteiger partial charge in [-0.2, -0.15) is 0 Å². The highest BCUT2D eigenvalue weighted by Crippen LogP contribution is 2.21. The minimum absolute atomic E-state index is 0.248. The van der Waals surface area contributed by atoms with E-state index in [-0.39, 0.29) is 11.9 Å². The number of carbonyl (C=O) groups is 1. The third-order valence-corrected chi connectivity index (χ3v) is 3.63. The molecule has 0 radical (unpaired) electrons. The number of carbonyl (C=O) groups excluding carboxylic acids is 1. The minimum Gasteiger partial charge on any atom is -0.444 e. The third kappa shape index (κ3) is 4.90. The Morgan fingerprint density at radius 2 is 2.14 bits per heavy atom. The first kappa shape index (κ1) is 16.6. The Labute approximate surface area is 131 Å². The van der Waals surface area contributed by atoms with Crippen LogP contribution in [0.5, 0.6) is 0 Å². The van der Waals surface area contributed by atoms with Crippen molar-refractivity contribution >= 4 is 11.8 Å². The van der Waals surface area contributed by atoms with Gasteiger partial charge in [0.05, 0.1) is 5.69 Å². The molecule has 0 spiro atoms. The fourth-order valence-corrected chi connectivity index (χ4v) is 2.58. The lowest BCUT2D eigenvalue weighted by Gasteiger charge is -2.34. The van der Waals surface area contributed by atoms with E-state index in [4.69, 9.17) is 4.74 Å². The van der Waals surface area contributed by atoms with Crippen molar-refractivity contribution in [2.45, 2.75) is 39.2 Å². The maximum atomic E-state index is 13.6. The van der Waals surface area contributed by atoms with Gasteiger partial charge in [0.15, 0.2) is 0 Å². The summed E-state index contributed by atoms with van der Waals surface area (Å²) in [6, 6.07) is 6.64. The highest BCUT2D eigenvalue weighted by Gasteiger charge is 2.27. The molecule has 122 valence electrons. The van der Waals surface area contributed by atoms with Crippen LogP contribution < -0.4 is 5.32 Å². The number of nitrogens with one attached hydrogen (secondary N) is 1. The van der Waals surface area contributed by atoms with Crippen molar-refractivity contribution in [3.63, 3.8) is 0 Å². The summed E-state index contributed by atoms with van der Waals surface area (Å²) in [5.74, 6) is 0.0585. The maximum Gasteiger partial charge on any atom is 0.410 e. The lowest BCUT2D eigenvalue weighted by Crippen LogP contribution is -2.44. The smallest absolute Gasteiger partial charge is 0.410 e. The number of nitrogens with zero attached hydrogens (tertiary/aromatic N) is 1. The molecule has 1 saturated heterocycles. The van der Waals surface area contributed by atoms with E-state index in [2.05, 4.69) is 5.32 Å². The van der Waals surface area contributed by atoms with E-state index in [1.807, 2.05) is 20.8 Å². The van der Waals surface area contributed by atoms with Gasteiger partial charge in [-0.05, 0) is 51.7 Å². The van der Waals surface area contributed by atoms with Gasteiger partial charge < -0.3 is 15.0 Å². The molecular formula is C17H25FN2O2. The average Bonchev–Trinajstić information content (AvgIpc) is 2.45. The SMILES string of the molecule is CC(C)(C)OC(=O)N1CCC[C@H](CNc2ccccc2F)C1. The van der Waals surface area contributed by atoms with Crippen LogP contribution in [0, 0.1) is 11.7 Å². The quantitative estimate of drug-likeness (QED) is 0.921. The first-order valence-electron chi connectivity index (χ1n) is 7.81. The minimum atomic E-state index is -0.477. The average molecular weight is 308 g/mol. The predicted octanol–water partition coefficient (Wildman–Crippen LogP) is 3.88. The zero-order chi connectivity index (χ0) is 16.2. The largest absolute Gasteiger partial charge is 0.444 e. The van der Waals surface area contributed by atoms with Gasteiger partial charge in [-0.1, -0.05) is 12.1 Å². The number of piperidine rings is 1. The molecule has 1 N–H and O–H groups in total. The predicted molar refractivity (Wildman–Crippen MR) is 85.4 cm³/mol. The summed E-state index contributed by atoms with van der Waals surface area (Å²) in [7, 11) is 0. The summed E-state index contributed by atoms with van der Waals surface area (Å²) in [5, 5.41) is 3.14. The van der Waals surface area contributed by atoms with Crippen LogP contribution in [0.4, 0.5) is 14.9 Å². The monoisotopic (exact) mass is 308 g/mol. The number of likely N-dealkylation sites (tertiary alicyclic amines) is 1. The van der Waals surface area contributed by atoms with Gasteiger partial charge >= 0.3 is 6.09 Å². The molecule has 1 aromatic rings. The molecule has 0 unspecified atom stereocenters. The first-order chi connectivity index (χ1) is 10.3. The number of hydrogen-bond acceptors (Lipinski definition) is 3. The lowest BCUT2D eigenvalue weighted by atomic mass is 9.98. The summed E-state index contributed by atoms with van der Waals surface area (Å²) < 4.78 is 19.0. The fourth-order valence-electron chi connectivity index (χ4n) is 2.58. The van der Waals surface area contributed by atoms with Crippen LogP contribution in [0.15, 0.2) is 24.3 Å². The van der Waals surface area contributed by atoms with E-state index in [9.17, 15) is 9.18 Å². The molecule has 5 heteroatoms. The van der Waals surface area contributed by atoms with Gasteiger partial charge in [0.25, 0.3) is 0 Å². The lowest BCUT2D eigenvalue weighted by molar-refractivity contribution is 0.0172. The van der Waals surface area contributed by atoms with Crippen LogP contribution in [0.2, 0.25) is 0 Å². The Morgan fingerprint density at radius 3 is 2.82 bits per heavy atom. The van der Waals surface area contributed by atoms with Gasteiger partial charge in [0, 0.05) is 19.6 Å². The maximum absolute atomic E-state index is 13.6. The summed E-state index contributed by atoms with van der Waals surface area (Å²) in [6.07, 6.45) is 1.71. The molecule has 1 amide bonds. The van der Waals surface area contributed by atoms with E-state index < -0.39 is 5.60 Å². The Hall–Kier alpha value is -1.78. The second-order valence-corrected chi connectivity index (χ2v) is 6.80. The number of para-hydroxylation sites is 1. The van der Waals surface area contributed by atoms with E-state index in [1.165, 1.54) is 6.07 Å². The Balaban J connectivity index is 1.86. The highest BCUT2D eigenvalue weighted by atomic mass is 19.1. The van der Waals surface area contributed by atoms with E-state index in [0.717, 1.165) is 19.4 Å². The first-order valence-corrected chi connectivity index (χ1v) is 7.81. The molecule has 1 aliphatic heterocycles. The second kappa shape index (κ2) is 6.99. The second-order valence-electron chi connectivity index (χ2n) is 6.80. The van der Waals surface area contributed by atoms with Gasteiger partial charge in [-0.15, -0.1) is 0 Å². The molecule has 1 aromatic carbocycles. The Morgan fingerprint density at radius 1 is 1.41 bits per heavy atom. The zero-order valence-electron chi connectivity index (χ0n) is 13.6. The van der Waals surface area contributed by atoms with E-state index in [0.29, 0.717) is 24.7 Å². The number of rotatable bonds is 3. The number of ether oxygens (including phenoxy) is 1. The number of halogens is 1. The molecule has 22 heavy (non-hydrogen) atoms. The zero-order valence-corrected chi connectivity index (χ0v) is 13.6. The molecule has 0 bridgehead atoms. The van der Waals surface area contributed by atoms with Crippen molar-refractivity contribution in [3.05, 3.63) is 30.1 Å². The molecule has 2 rings (SSSR count). The molecule has 0 saturated carbocycles.